The molecule has 0 aliphatic carbocycles. The fraction of sp³-hybridized carbons (Fsp3) is 0.588. The highest BCUT2D eigenvalue weighted by Crippen LogP contribution is 2.18. The van der Waals surface area contributed by atoms with Crippen molar-refractivity contribution in [2.24, 2.45) is 0 Å². The third-order valence-corrected chi connectivity index (χ3v) is 4.13. The van der Waals surface area contributed by atoms with Gasteiger partial charge in [0.2, 0.25) is 0 Å². The summed E-state index contributed by atoms with van der Waals surface area (Å²) in [7, 11) is 1.70. The Morgan fingerprint density at radius 1 is 1.39 bits per heavy atom. The third-order valence-electron chi connectivity index (χ3n) is 4.13. The zero-order chi connectivity index (χ0) is 16.7. The van der Waals surface area contributed by atoms with Gasteiger partial charge in [0.15, 0.2) is 11.6 Å². The van der Waals surface area contributed by atoms with E-state index in [9.17, 15) is 9.18 Å². The number of likely N-dealkylation sites (tertiary alicyclic amines) is 1. The number of amides is 2. The number of halogens is 1. The first-order chi connectivity index (χ1) is 11.1. The Kier molecular flexibility index (Phi) is 6.65. The van der Waals surface area contributed by atoms with Crippen LogP contribution in [-0.2, 0) is 4.74 Å². The van der Waals surface area contributed by atoms with Crippen LogP contribution in [0.15, 0.2) is 24.3 Å². The Bertz CT molecular complexity index is 504. The lowest BCUT2D eigenvalue weighted by Gasteiger charge is -2.31. The average molecular weight is 324 g/mol. The second-order valence-electron chi connectivity index (χ2n) is 5.69. The lowest BCUT2D eigenvalue weighted by Crippen LogP contribution is -2.48. The van der Waals surface area contributed by atoms with Crippen molar-refractivity contribution >= 4 is 6.03 Å². The molecule has 1 aliphatic heterocycles. The molecule has 1 heterocycles. The number of hydrogen-bond acceptors (Lipinski definition) is 3. The van der Waals surface area contributed by atoms with Crippen molar-refractivity contribution in [3.8, 4) is 5.75 Å². The molecule has 1 fully saturated rings. The Labute approximate surface area is 136 Å². The van der Waals surface area contributed by atoms with Gasteiger partial charge in [0.1, 0.15) is 6.10 Å². The molecular weight excluding hydrogens is 299 g/mol. The van der Waals surface area contributed by atoms with E-state index in [1.807, 2.05) is 6.92 Å². The van der Waals surface area contributed by atoms with E-state index >= 15 is 0 Å². The maximum Gasteiger partial charge on any atom is 0.317 e. The van der Waals surface area contributed by atoms with Crippen LogP contribution in [0.1, 0.15) is 26.2 Å². The first-order valence-corrected chi connectivity index (χ1v) is 8.10. The number of carbonyl (C=O) groups excluding carboxylic acids is 1. The van der Waals surface area contributed by atoms with Crippen molar-refractivity contribution in [2.75, 3.05) is 26.7 Å². The van der Waals surface area contributed by atoms with E-state index in [4.69, 9.17) is 9.47 Å². The fourth-order valence-corrected chi connectivity index (χ4v) is 2.60. The molecule has 0 unspecified atom stereocenters. The first kappa shape index (κ1) is 17.5. The van der Waals surface area contributed by atoms with Gasteiger partial charge in [0.25, 0.3) is 0 Å². The van der Waals surface area contributed by atoms with Crippen LogP contribution in [0.5, 0.6) is 5.75 Å². The Morgan fingerprint density at radius 2 is 2.09 bits per heavy atom. The number of piperidine rings is 1. The number of methoxy groups -OCH3 is 1. The summed E-state index contributed by atoms with van der Waals surface area (Å²) in [5.74, 6) is -0.173. The molecule has 128 valence electrons. The number of para-hydroxylation sites is 1. The maximum atomic E-state index is 13.6. The molecular formula is C17H25FN2O3. The van der Waals surface area contributed by atoms with Gasteiger partial charge in [0, 0.05) is 20.2 Å². The van der Waals surface area contributed by atoms with E-state index in [1.165, 1.54) is 6.07 Å². The fourth-order valence-electron chi connectivity index (χ4n) is 2.60. The number of rotatable bonds is 6. The standard InChI is InChI=1S/C17H25FN2O3/c1-3-13(23-16-7-5-4-6-15(16)18)12-19-17(21)20-10-8-14(22-2)9-11-20/h4-7,13-14H,3,8-12H2,1-2H3,(H,19,21)/t13-/m0/s1. The van der Waals surface area contributed by atoms with Crippen molar-refractivity contribution in [2.45, 2.75) is 38.4 Å². The van der Waals surface area contributed by atoms with Crippen LogP contribution in [0.25, 0.3) is 0 Å². The summed E-state index contributed by atoms with van der Waals surface area (Å²) in [4.78, 5) is 14.0. The Hall–Kier alpha value is -1.82. The molecule has 1 aliphatic rings. The van der Waals surface area contributed by atoms with Crippen LogP contribution >= 0.6 is 0 Å². The van der Waals surface area contributed by atoms with E-state index in [0.29, 0.717) is 26.1 Å². The summed E-state index contributed by atoms with van der Waals surface area (Å²) in [6.07, 6.45) is 2.37. The van der Waals surface area contributed by atoms with Crippen molar-refractivity contribution in [1.82, 2.24) is 10.2 Å². The smallest absolute Gasteiger partial charge is 0.317 e. The molecule has 5 nitrogen and oxygen atoms in total. The van der Waals surface area contributed by atoms with E-state index < -0.39 is 0 Å². The summed E-state index contributed by atoms with van der Waals surface area (Å²) in [5, 5.41) is 2.87. The van der Waals surface area contributed by atoms with Gasteiger partial charge in [-0.3, -0.25) is 0 Å². The lowest BCUT2D eigenvalue weighted by molar-refractivity contribution is 0.0499. The summed E-state index contributed by atoms with van der Waals surface area (Å²) in [6.45, 7) is 3.68. The van der Waals surface area contributed by atoms with Crippen LogP contribution in [-0.4, -0.2) is 49.9 Å². The van der Waals surface area contributed by atoms with E-state index in [-0.39, 0.29) is 29.8 Å². The van der Waals surface area contributed by atoms with Crippen molar-refractivity contribution in [3.63, 3.8) is 0 Å². The molecule has 0 aromatic heterocycles. The molecule has 2 amide bonds. The highest BCUT2D eigenvalue weighted by atomic mass is 19.1. The number of nitrogens with zero attached hydrogens (tertiary/aromatic N) is 1. The van der Waals surface area contributed by atoms with Crippen LogP contribution < -0.4 is 10.1 Å². The number of benzene rings is 1. The first-order valence-electron chi connectivity index (χ1n) is 8.10. The van der Waals surface area contributed by atoms with E-state index in [2.05, 4.69) is 5.32 Å². The van der Waals surface area contributed by atoms with E-state index in [1.54, 1.807) is 30.2 Å². The monoisotopic (exact) mass is 324 g/mol. The number of ether oxygens (including phenoxy) is 2. The zero-order valence-electron chi connectivity index (χ0n) is 13.8. The summed E-state index contributed by atoms with van der Waals surface area (Å²) < 4.78 is 24.6. The number of nitrogens with one attached hydrogen (secondary N) is 1. The zero-order valence-corrected chi connectivity index (χ0v) is 13.8. The molecule has 0 radical (unpaired) electrons. The number of urea groups is 1. The second-order valence-corrected chi connectivity index (χ2v) is 5.69. The largest absolute Gasteiger partial charge is 0.486 e. The van der Waals surface area contributed by atoms with Crippen molar-refractivity contribution in [1.29, 1.82) is 0 Å². The molecule has 2 rings (SSSR count). The van der Waals surface area contributed by atoms with Gasteiger partial charge >= 0.3 is 6.03 Å². The molecule has 1 saturated heterocycles. The Balaban J connectivity index is 1.79. The molecule has 23 heavy (non-hydrogen) atoms. The quantitative estimate of drug-likeness (QED) is 0.875. The molecule has 6 heteroatoms. The van der Waals surface area contributed by atoms with Crippen molar-refractivity contribution in [3.05, 3.63) is 30.1 Å². The van der Waals surface area contributed by atoms with Crippen LogP contribution in [0, 0.1) is 5.82 Å². The summed E-state index contributed by atoms with van der Waals surface area (Å²) in [6, 6.07) is 6.20. The van der Waals surface area contributed by atoms with Gasteiger partial charge in [-0.1, -0.05) is 19.1 Å². The van der Waals surface area contributed by atoms with Crippen molar-refractivity contribution < 1.29 is 18.7 Å². The lowest BCUT2D eigenvalue weighted by atomic mass is 10.1. The average Bonchev–Trinajstić information content (AvgIpc) is 2.60. The molecule has 1 aromatic carbocycles. The molecule has 0 saturated carbocycles. The van der Waals surface area contributed by atoms with E-state index in [0.717, 1.165) is 12.8 Å². The molecule has 0 bridgehead atoms. The minimum Gasteiger partial charge on any atom is -0.486 e. The van der Waals surface area contributed by atoms with Gasteiger partial charge < -0.3 is 19.7 Å². The van der Waals surface area contributed by atoms with Crippen LogP contribution in [0.4, 0.5) is 9.18 Å². The van der Waals surface area contributed by atoms with Gasteiger partial charge in [-0.2, -0.15) is 0 Å². The third kappa shape index (κ3) is 5.10. The minimum absolute atomic E-state index is 0.102. The minimum atomic E-state index is -0.390. The SMILES string of the molecule is CC[C@@H](CNC(=O)N1CCC(OC)CC1)Oc1ccccc1F. The normalized spacial score (nSPS) is 16.9. The van der Waals surface area contributed by atoms with Gasteiger partial charge in [0.05, 0.1) is 12.6 Å². The highest BCUT2D eigenvalue weighted by Gasteiger charge is 2.23. The Morgan fingerprint density at radius 3 is 2.70 bits per heavy atom. The summed E-state index contributed by atoms with van der Waals surface area (Å²) in [5.41, 5.74) is 0. The highest BCUT2D eigenvalue weighted by molar-refractivity contribution is 5.74. The number of carbonyl (C=O) groups is 1. The molecule has 1 aromatic rings. The van der Waals surface area contributed by atoms with Gasteiger partial charge in [-0.15, -0.1) is 0 Å². The second kappa shape index (κ2) is 8.72. The summed E-state index contributed by atoms with van der Waals surface area (Å²) >= 11 is 0. The topological polar surface area (TPSA) is 50.8 Å². The predicted octanol–water partition coefficient (Wildman–Crippen LogP) is 2.80. The molecule has 1 N–H and O–H groups in total. The molecule has 1 atom stereocenters. The predicted molar refractivity (Wildman–Crippen MR) is 86.1 cm³/mol. The number of hydrogen-bond donors (Lipinski definition) is 1. The van der Waals surface area contributed by atoms with Gasteiger partial charge in [-0.05, 0) is 31.4 Å². The van der Waals surface area contributed by atoms with Crippen LogP contribution in [0.3, 0.4) is 0 Å². The van der Waals surface area contributed by atoms with Gasteiger partial charge in [-0.25, -0.2) is 9.18 Å². The van der Waals surface area contributed by atoms with Crippen LogP contribution in [0.2, 0.25) is 0 Å². The molecule has 0 spiro atoms. The maximum absolute atomic E-state index is 13.6.